The van der Waals surface area contributed by atoms with Crippen molar-refractivity contribution in [2.24, 2.45) is 0 Å². The number of fused-ring (bicyclic) bond motifs is 2. The van der Waals surface area contributed by atoms with Gasteiger partial charge in [-0.15, -0.1) is 0 Å². The molecule has 0 radical (unpaired) electrons. The third kappa shape index (κ3) is 4.70. The molecule has 2 aliphatic heterocycles. The number of hydrogen-bond donors (Lipinski definition) is 2. The van der Waals surface area contributed by atoms with E-state index in [0.29, 0.717) is 29.3 Å². The average molecular weight is 530 g/mol. The zero-order valence-electron chi connectivity index (χ0n) is 22.4. The SMILES string of the molecule is COC1(CN(C)C)CCCN(c2ccc(Nc3ccc(-c4cnc5cc(F)ccn45)c4c3C(=O)NC4)nc2)C1. The first-order valence-electron chi connectivity index (χ1n) is 13.1. The Bertz CT molecular complexity index is 1530. The Kier molecular flexibility index (Phi) is 6.44. The Morgan fingerprint density at radius 3 is 2.82 bits per heavy atom. The van der Waals surface area contributed by atoms with E-state index in [4.69, 9.17) is 4.74 Å². The molecule has 0 spiro atoms. The number of halogens is 1. The summed E-state index contributed by atoms with van der Waals surface area (Å²) in [6, 6.07) is 10.6. The number of carbonyl (C=O) groups excluding carboxylic acids is 1. The highest BCUT2D eigenvalue weighted by atomic mass is 19.1. The van der Waals surface area contributed by atoms with Gasteiger partial charge in [-0.25, -0.2) is 14.4 Å². The smallest absolute Gasteiger partial charge is 0.254 e. The Morgan fingerprint density at radius 1 is 1.18 bits per heavy atom. The van der Waals surface area contributed by atoms with Crippen molar-refractivity contribution >= 4 is 28.7 Å². The van der Waals surface area contributed by atoms with E-state index in [9.17, 15) is 9.18 Å². The Labute approximate surface area is 226 Å². The minimum absolute atomic E-state index is 0.143. The second-order valence-corrected chi connectivity index (χ2v) is 10.6. The fourth-order valence-corrected chi connectivity index (χ4v) is 5.89. The number of hydrogen-bond acceptors (Lipinski definition) is 7. The van der Waals surface area contributed by atoms with Crippen LogP contribution in [-0.4, -0.2) is 71.6 Å². The van der Waals surface area contributed by atoms with E-state index in [1.54, 1.807) is 19.5 Å². The van der Waals surface area contributed by atoms with Crippen LogP contribution < -0.4 is 15.5 Å². The molecule has 4 aromatic rings. The second-order valence-electron chi connectivity index (χ2n) is 10.6. The van der Waals surface area contributed by atoms with Crippen molar-refractivity contribution in [1.82, 2.24) is 24.6 Å². The highest BCUT2D eigenvalue weighted by molar-refractivity contribution is 6.06. The summed E-state index contributed by atoms with van der Waals surface area (Å²) in [6.45, 7) is 3.03. The van der Waals surface area contributed by atoms with E-state index in [2.05, 4.69) is 50.6 Å². The number of anilines is 3. The molecule has 1 atom stereocenters. The van der Waals surface area contributed by atoms with E-state index >= 15 is 0 Å². The topological polar surface area (TPSA) is 87.0 Å². The molecule has 5 heterocycles. The molecule has 1 unspecified atom stereocenters. The molecule has 1 saturated heterocycles. The lowest BCUT2D eigenvalue weighted by atomic mass is 9.91. The molecular weight excluding hydrogens is 497 g/mol. The van der Waals surface area contributed by atoms with Gasteiger partial charge in [0.1, 0.15) is 17.3 Å². The molecule has 0 bridgehead atoms. The predicted octanol–water partition coefficient (Wildman–Crippen LogP) is 4.07. The predicted molar refractivity (Wildman–Crippen MR) is 149 cm³/mol. The molecule has 202 valence electrons. The molecule has 0 aliphatic carbocycles. The summed E-state index contributed by atoms with van der Waals surface area (Å²) in [5.41, 5.74) is 5.17. The Balaban J connectivity index is 1.25. The lowest BCUT2D eigenvalue weighted by Gasteiger charge is -2.44. The molecule has 39 heavy (non-hydrogen) atoms. The van der Waals surface area contributed by atoms with Crippen LogP contribution in [0.3, 0.4) is 0 Å². The highest BCUT2D eigenvalue weighted by Gasteiger charge is 2.36. The zero-order valence-corrected chi connectivity index (χ0v) is 22.4. The van der Waals surface area contributed by atoms with Gasteiger partial charge < -0.3 is 25.2 Å². The molecule has 1 amide bonds. The first kappa shape index (κ1) is 25.3. The number of likely N-dealkylation sites (N-methyl/N-ethyl adjacent to an activating group) is 1. The molecule has 3 aromatic heterocycles. The van der Waals surface area contributed by atoms with Gasteiger partial charge >= 0.3 is 0 Å². The van der Waals surface area contributed by atoms with Crippen LogP contribution in [0.2, 0.25) is 0 Å². The van der Waals surface area contributed by atoms with Crippen LogP contribution in [0.1, 0.15) is 28.8 Å². The lowest BCUT2D eigenvalue weighted by Crippen LogP contribution is -2.54. The minimum atomic E-state index is -0.341. The molecule has 9 nitrogen and oxygen atoms in total. The van der Waals surface area contributed by atoms with Crippen molar-refractivity contribution < 1.29 is 13.9 Å². The summed E-state index contributed by atoms with van der Waals surface area (Å²) in [7, 11) is 5.95. The van der Waals surface area contributed by atoms with Crippen molar-refractivity contribution in [2.45, 2.75) is 25.0 Å². The van der Waals surface area contributed by atoms with E-state index in [0.717, 1.165) is 55.0 Å². The number of nitrogens with zero attached hydrogens (tertiary/aromatic N) is 5. The van der Waals surface area contributed by atoms with Crippen LogP contribution in [0.15, 0.2) is 55.0 Å². The molecule has 1 aromatic carbocycles. The maximum Gasteiger partial charge on any atom is 0.254 e. The summed E-state index contributed by atoms with van der Waals surface area (Å²) >= 11 is 0. The van der Waals surface area contributed by atoms with E-state index < -0.39 is 0 Å². The van der Waals surface area contributed by atoms with E-state index in [1.807, 2.05) is 28.8 Å². The molecule has 0 saturated carbocycles. The van der Waals surface area contributed by atoms with E-state index in [1.165, 1.54) is 12.1 Å². The number of ether oxygens (including phenoxy) is 1. The van der Waals surface area contributed by atoms with Crippen LogP contribution in [0.5, 0.6) is 0 Å². The van der Waals surface area contributed by atoms with Gasteiger partial charge in [0.25, 0.3) is 5.91 Å². The minimum Gasteiger partial charge on any atom is -0.375 e. The fourth-order valence-electron chi connectivity index (χ4n) is 5.89. The maximum atomic E-state index is 13.7. The summed E-state index contributed by atoms with van der Waals surface area (Å²) in [6.07, 6.45) is 7.31. The quantitative estimate of drug-likeness (QED) is 0.373. The fraction of sp³-hybridized carbons (Fsp3) is 0.345. The Morgan fingerprint density at radius 2 is 2.05 bits per heavy atom. The van der Waals surface area contributed by atoms with Crippen molar-refractivity contribution in [3.63, 3.8) is 0 Å². The number of nitrogens with one attached hydrogen (secondary N) is 2. The summed E-state index contributed by atoms with van der Waals surface area (Å²) in [5, 5.41) is 6.28. The van der Waals surface area contributed by atoms with Crippen LogP contribution in [0, 0.1) is 5.82 Å². The third-order valence-corrected chi connectivity index (χ3v) is 7.67. The first-order valence-corrected chi connectivity index (χ1v) is 13.1. The monoisotopic (exact) mass is 529 g/mol. The van der Waals surface area contributed by atoms with Gasteiger partial charge in [0.05, 0.1) is 40.6 Å². The number of benzene rings is 1. The van der Waals surface area contributed by atoms with Crippen molar-refractivity contribution in [2.75, 3.05) is 51.1 Å². The van der Waals surface area contributed by atoms with Gasteiger partial charge in [-0.2, -0.15) is 0 Å². The third-order valence-electron chi connectivity index (χ3n) is 7.67. The van der Waals surface area contributed by atoms with Gasteiger partial charge in [0, 0.05) is 51.1 Å². The van der Waals surface area contributed by atoms with Gasteiger partial charge in [-0.05, 0) is 56.8 Å². The molecular formula is C29H32FN7O2. The first-order chi connectivity index (χ1) is 18.9. The van der Waals surface area contributed by atoms with Crippen LogP contribution >= 0.6 is 0 Å². The molecule has 6 rings (SSSR count). The van der Waals surface area contributed by atoms with Crippen molar-refractivity contribution in [1.29, 1.82) is 0 Å². The van der Waals surface area contributed by atoms with Crippen LogP contribution in [0.4, 0.5) is 21.6 Å². The highest BCUT2D eigenvalue weighted by Crippen LogP contribution is 2.36. The van der Waals surface area contributed by atoms with E-state index in [-0.39, 0.29) is 17.3 Å². The number of methoxy groups -OCH3 is 1. The number of carbonyl (C=O) groups is 1. The van der Waals surface area contributed by atoms with Gasteiger partial charge in [-0.3, -0.25) is 9.20 Å². The second kappa shape index (κ2) is 9.94. The van der Waals surface area contributed by atoms with Crippen molar-refractivity contribution in [3.05, 3.63) is 71.9 Å². The van der Waals surface area contributed by atoms with Gasteiger partial charge in [0.15, 0.2) is 0 Å². The number of amides is 1. The maximum absolute atomic E-state index is 13.7. The molecule has 1 fully saturated rings. The lowest BCUT2D eigenvalue weighted by molar-refractivity contribution is -0.0372. The van der Waals surface area contributed by atoms with Crippen molar-refractivity contribution in [3.8, 4) is 11.3 Å². The zero-order chi connectivity index (χ0) is 27.1. The normalized spacial score (nSPS) is 19.0. The van der Waals surface area contributed by atoms with Crippen LogP contribution in [-0.2, 0) is 11.3 Å². The number of aromatic nitrogens is 3. The van der Waals surface area contributed by atoms with Gasteiger partial charge in [-0.1, -0.05) is 6.07 Å². The largest absolute Gasteiger partial charge is 0.375 e. The van der Waals surface area contributed by atoms with Crippen LogP contribution in [0.25, 0.3) is 16.9 Å². The summed E-state index contributed by atoms with van der Waals surface area (Å²) in [4.78, 5) is 26.4. The summed E-state index contributed by atoms with van der Waals surface area (Å²) < 4.78 is 21.5. The standard InChI is InChI=1S/C29H32FN7O2/c1-35(2)17-29(39-3)10-4-11-36(18-29)20-5-8-25(31-14-20)34-23-7-6-21(22-15-33-28(38)27(22)23)24-16-32-26-13-19(30)9-12-37(24)26/h5-9,12-14,16H,4,10-11,15,17-18H2,1-3H3,(H,31,34)(H,33,38). The number of imidazole rings is 1. The molecule has 2 N–H and O–H groups in total. The number of rotatable bonds is 7. The molecule has 2 aliphatic rings. The number of pyridine rings is 2. The average Bonchev–Trinajstić information content (AvgIpc) is 3.53. The summed E-state index contributed by atoms with van der Waals surface area (Å²) in [5.74, 6) is 0.171. The molecule has 10 heteroatoms. The number of piperidine rings is 1. The Hall–Kier alpha value is -4.02. The van der Waals surface area contributed by atoms with Gasteiger partial charge in [0.2, 0.25) is 0 Å².